The molecule has 1 aliphatic heterocycles. The second kappa shape index (κ2) is 9.45. The Balaban J connectivity index is 1.49. The van der Waals surface area contributed by atoms with E-state index in [0.29, 0.717) is 11.7 Å². The Morgan fingerprint density at radius 2 is 2.04 bits per heavy atom. The molecule has 0 unspecified atom stereocenters. The predicted molar refractivity (Wildman–Crippen MR) is 109 cm³/mol. The van der Waals surface area contributed by atoms with Gasteiger partial charge in [0.15, 0.2) is 6.10 Å². The molecule has 0 saturated heterocycles. The Kier molecular flexibility index (Phi) is 6.99. The van der Waals surface area contributed by atoms with E-state index in [1.807, 2.05) is 24.3 Å². The molecule has 3 rings (SSSR count). The average molecular weight is 405 g/mol. The minimum Gasteiger partial charge on any atom is -0.452 e. The summed E-state index contributed by atoms with van der Waals surface area (Å²) in [6.45, 7) is 3.99. The van der Waals surface area contributed by atoms with E-state index in [1.54, 1.807) is 11.8 Å². The number of benzene rings is 1. The van der Waals surface area contributed by atoms with Crippen LogP contribution in [0, 0.1) is 5.92 Å². The molecule has 6 nitrogen and oxygen atoms in total. The molecule has 1 heterocycles. The van der Waals surface area contributed by atoms with Crippen molar-refractivity contribution in [3.63, 3.8) is 0 Å². The summed E-state index contributed by atoms with van der Waals surface area (Å²) in [7, 11) is 0. The van der Waals surface area contributed by atoms with Gasteiger partial charge in [-0.2, -0.15) is 0 Å². The van der Waals surface area contributed by atoms with E-state index in [9.17, 15) is 14.4 Å². The van der Waals surface area contributed by atoms with E-state index in [2.05, 4.69) is 12.2 Å². The van der Waals surface area contributed by atoms with Crippen LogP contribution in [0.4, 0.5) is 5.69 Å². The van der Waals surface area contributed by atoms with Crippen LogP contribution in [-0.2, 0) is 19.1 Å². The maximum absolute atomic E-state index is 12.4. The fraction of sp³-hybridized carbons (Fsp3) is 0.571. The monoisotopic (exact) mass is 404 g/mol. The molecule has 7 heteroatoms. The molecular weight excluding hydrogens is 376 g/mol. The molecule has 2 amide bonds. The number of esters is 1. The lowest BCUT2D eigenvalue weighted by Gasteiger charge is -2.30. The Morgan fingerprint density at radius 3 is 2.82 bits per heavy atom. The fourth-order valence-corrected chi connectivity index (χ4v) is 4.68. The maximum atomic E-state index is 12.4. The normalized spacial score (nSPS) is 22.9. The van der Waals surface area contributed by atoms with Gasteiger partial charge in [-0.25, -0.2) is 0 Å². The zero-order valence-electron chi connectivity index (χ0n) is 16.5. The third-order valence-corrected chi connectivity index (χ3v) is 6.51. The van der Waals surface area contributed by atoms with Crippen molar-refractivity contribution < 1.29 is 19.1 Å². The first-order valence-electron chi connectivity index (χ1n) is 9.97. The Labute approximate surface area is 170 Å². The van der Waals surface area contributed by atoms with Gasteiger partial charge in [0.1, 0.15) is 0 Å². The van der Waals surface area contributed by atoms with E-state index in [0.717, 1.165) is 29.8 Å². The number of hydrogen-bond acceptors (Lipinski definition) is 5. The SMILES string of the molecule is C[C@@H]1CCCC[C@@H]1NC(=O)[C@@H](C)OC(=O)CCN1C(=O)CSc2ccccc21. The van der Waals surface area contributed by atoms with Gasteiger partial charge in [0.2, 0.25) is 5.91 Å². The van der Waals surface area contributed by atoms with Gasteiger partial charge in [-0.3, -0.25) is 14.4 Å². The third kappa shape index (κ3) is 5.07. The smallest absolute Gasteiger partial charge is 0.308 e. The number of carbonyl (C=O) groups excluding carboxylic acids is 3. The molecule has 1 aromatic carbocycles. The van der Waals surface area contributed by atoms with Crippen LogP contribution in [0.1, 0.15) is 46.0 Å². The highest BCUT2D eigenvalue weighted by molar-refractivity contribution is 8.00. The van der Waals surface area contributed by atoms with Gasteiger partial charge < -0.3 is 15.0 Å². The number of nitrogens with one attached hydrogen (secondary N) is 1. The van der Waals surface area contributed by atoms with Crippen LogP contribution in [0.25, 0.3) is 0 Å². The van der Waals surface area contributed by atoms with E-state index in [1.165, 1.54) is 18.2 Å². The van der Waals surface area contributed by atoms with Crippen molar-refractivity contribution in [1.82, 2.24) is 5.32 Å². The Bertz CT molecular complexity index is 739. The number of rotatable bonds is 6. The first-order chi connectivity index (χ1) is 13.5. The number of nitrogens with zero attached hydrogens (tertiary/aromatic N) is 1. The third-order valence-electron chi connectivity index (χ3n) is 5.46. The summed E-state index contributed by atoms with van der Waals surface area (Å²) in [5, 5.41) is 3.02. The van der Waals surface area contributed by atoms with Crippen molar-refractivity contribution in [3.05, 3.63) is 24.3 Å². The quantitative estimate of drug-likeness (QED) is 0.737. The van der Waals surface area contributed by atoms with Gasteiger partial charge in [0, 0.05) is 17.5 Å². The summed E-state index contributed by atoms with van der Waals surface area (Å²) in [4.78, 5) is 39.5. The molecule has 0 aromatic heterocycles. The van der Waals surface area contributed by atoms with Gasteiger partial charge in [-0.05, 0) is 37.8 Å². The topological polar surface area (TPSA) is 75.7 Å². The Morgan fingerprint density at radius 1 is 1.29 bits per heavy atom. The lowest BCUT2D eigenvalue weighted by Crippen LogP contribution is -2.46. The second-order valence-electron chi connectivity index (χ2n) is 7.56. The first-order valence-corrected chi connectivity index (χ1v) is 11.0. The molecular formula is C21H28N2O4S. The highest BCUT2D eigenvalue weighted by atomic mass is 32.2. The molecule has 1 N–H and O–H groups in total. The van der Waals surface area contributed by atoms with Crippen molar-refractivity contribution >= 4 is 35.2 Å². The van der Waals surface area contributed by atoms with Crippen molar-refractivity contribution in [2.45, 2.75) is 63.0 Å². The van der Waals surface area contributed by atoms with Crippen LogP contribution >= 0.6 is 11.8 Å². The summed E-state index contributed by atoms with van der Waals surface area (Å²) in [6, 6.07) is 7.81. The van der Waals surface area contributed by atoms with Crippen LogP contribution < -0.4 is 10.2 Å². The number of ether oxygens (including phenoxy) is 1. The van der Waals surface area contributed by atoms with Crippen molar-refractivity contribution in [2.75, 3.05) is 17.2 Å². The van der Waals surface area contributed by atoms with Crippen LogP contribution in [0.3, 0.4) is 0 Å². The molecule has 1 fully saturated rings. The summed E-state index contributed by atoms with van der Waals surface area (Å²) >= 11 is 1.51. The van der Waals surface area contributed by atoms with Crippen molar-refractivity contribution in [2.24, 2.45) is 5.92 Å². The van der Waals surface area contributed by atoms with Gasteiger partial charge in [0.25, 0.3) is 5.91 Å². The van der Waals surface area contributed by atoms with E-state index in [4.69, 9.17) is 4.74 Å². The van der Waals surface area contributed by atoms with Crippen LogP contribution in [0.2, 0.25) is 0 Å². The summed E-state index contributed by atoms with van der Waals surface area (Å²) < 4.78 is 5.31. The fourth-order valence-electron chi connectivity index (χ4n) is 3.74. The number of thioether (sulfide) groups is 1. The van der Waals surface area contributed by atoms with Crippen LogP contribution in [0.5, 0.6) is 0 Å². The molecule has 0 bridgehead atoms. The molecule has 1 aromatic rings. The lowest BCUT2D eigenvalue weighted by molar-refractivity contribution is -0.155. The Hall–Kier alpha value is -2.02. The van der Waals surface area contributed by atoms with E-state index >= 15 is 0 Å². The number of para-hydroxylation sites is 1. The zero-order chi connectivity index (χ0) is 20.1. The van der Waals surface area contributed by atoms with E-state index in [-0.39, 0.29) is 30.8 Å². The van der Waals surface area contributed by atoms with E-state index < -0.39 is 12.1 Å². The molecule has 152 valence electrons. The van der Waals surface area contributed by atoms with Crippen molar-refractivity contribution in [1.29, 1.82) is 0 Å². The summed E-state index contributed by atoms with van der Waals surface area (Å²) in [5.74, 6) is 0.0766. The molecule has 0 radical (unpaired) electrons. The highest BCUT2D eigenvalue weighted by Gasteiger charge is 2.28. The van der Waals surface area contributed by atoms with Crippen molar-refractivity contribution in [3.8, 4) is 0 Å². The maximum Gasteiger partial charge on any atom is 0.308 e. The molecule has 0 spiro atoms. The highest BCUT2D eigenvalue weighted by Crippen LogP contribution is 2.34. The molecule has 1 saturated carbocycles. The van der Waals surface area contributed by atoms with Crippen LogP contribution in [0.15, 0.2) is 29.2 Å². The van der Waals surface area contributed by atoms with Gasteiger partial charge >= 0.3 is 5.97 Å². The standard InChI is InChI=1S/C21H28N2O4S/c1-14-7-3-4-8-16(14)22-21(26)15(2)27-20(25)11-12-23-17-9-5-6-10-18(17)28-13-19(23)24/h5-6,9-10,14-16H,3-4,7-8,11-13H2,1-2H3,(H,22,26)/t14-,15-,16+/m1/s1. The number of carbonyl (C=O) groups is 3. The molecule has 3 atom stereocenters. The number of fused-ring (bicyclic) bond motifs is 1. The zero-order valence-corrected chi connectivity index (χ0v) is 17.3. The van der Waals surface area contributed by atoms with Gasteiger partial charge in [0.05, 0.1) is 17.9 Å². The predicted octanol–water partition coefficient (Wildman–Crippen LogP) is 3.14. The number of anilines is 1. The van der Waals surface area contributed by atoms with Gasteiger partial charge in [-0.15, -0.1) is 11.8 Å². The average Bonchev–Trinajstić information content (AvgIpc) is 2.69. The minimum absolute atomic E-state index is 0.0198. The summed E-state index contributed by atoms with van der Waals surface area (Å²) in [5.41, 5.74) is 0.827. The lowest BCUT2D eigenvalue weighted by atomic mass is 9.86. The van der Waals surface area contributed by atoms with Gasteiger partial charge in [-0.1, -0.05) is 31.9 Å². The second-order valence-corrected chi connectivity index (χ2v) is 8.58. The molecule has 2 aliphatic rings. The number of amides is 2. The number of hydrogen-bond donors (Lipinski definition) is 1. The first kappa shape index (κ1) is 20.7. The summed E-state index contributed by atoms with van der Waals surface area (Å²) in [6.07, 6.45) is 3.64. The molecule has 1 aliphatic carbocycles. The minimum atomic E-state index is -0.832. The largest absolute Gasteiger partial charge is 0.452 e. The van der Waals surface area contributed by atoms with Crippen LogP contribution in [-0.4, -0.2) is 42.2 Å². The molecule has 28 heavy (non-hydrogen) atoms.